The molecule has 0 saturated carbocycles. The van der Waals surface area contributed by atoms with Gasteiger partial charge in [-0.1, -0.05) is 42.5 Å². The molecule has 126 valence electrons. The van der Waals surface area contributed by atoms with Crippen LogP contribution in [0.15, 0.2) is 54.6 Å². The number of hydrogen-bond acceptors (Lipinski definition) is 2. The first kappa shape index (κ1) is 17.8. The molecule has 1 N–H and O–H groups in total. The van der Waals surface area contributed by atoms with Gasteiger partial charge in [0.25, 0.3) is 0 Å². The molecule has 0 spiro atoms. The summed E-state index contributed by atoms with van der Waals surface area (Å²) in [6.07, 6.45) is 3.93. The zero-order valence-corrected chi connectivity index (χ0v) is 14.5. The molecular weight excluding hydrogens is 300 g/mol. The number of carboxylic acid groups (broad SMARTS) is 1. The second-order valence-electron chi connectivity index (χ2n) is 5.96. The van der Waals surface area contributed by atoms with Crippen LogP contribution in [0.1, 0.15) is 41.5 Å². The van der Waals surface area contributed by atoms with Crippen LogP contribution < -0.4 is 4.74 Å². The van der Waals surface area contributed by atoms with E-state index in [1.54, 1.807) is 0 Å². The molecular formula is C21H24O3. The van der Waals surface area contributed by atoms with Gasteiger partial charge >= 0.3 is 5.97 Å². The molecule has 0 aromatic heterocycles. The quantitative estimate of drug-likeness (QED) is 0.728. The number of aryl methyl sites for hydroxylation is 2. The fourth-order valence-electron chi connectivity index (χ4n) is 2.79. The van der Waals surface area contributed by atoms with Gasteiger partial charge in [-0.2, -0.15) is 0 Å². The van der Waals surface area contributed by atoms with Gasteiger partial charge in [0, 0.05) is 5.92 Å². The van der Waals surface area contributed by atoms with Gasteiger partial charge in [0.2, 0.25) is 0 Å². The molecule has 0 heterocycles. The third-order valence-corrected chi connectivity index (χ3v) is 4.12. The van der Waals surface area contributed by atoms with Crippen LogP contribution in [0.2, 0.25) is 0 Å². The van der Waals surface area contributed by atoms with Crippen molar-refractivity contribution in [2.75, 3.05) is 0 Å². The fraction of sp³-hybridized carbons (Fsp3) is 0.286. The normalized spacial score (nSPS) is 12.3. The Morgan fingerprint density at radius 1 is 1.17 bits per heavy atom. The van der Waals surface area contributed by atoms with E-state index < -0.39 is 5.97 Å². The lowest BCUT2D eigenvalue weighted by Gasteiger charge is -2.16. The van der Waals surface area contributed by atoms with Crippen molar-refractivity contribution in [3.05, 3.63) is 76.9 Å². The summed E-state index contributed by atoms with van der Waals surface area (Å²) in [5.74, 6) is -0.107. The third-order valence-electron chi connectivity index (χ3n) is 4.12. The second kappa shape index (κ2) is 8.34. The van der Waals surface area contributed by atoms with E-state index in [0.717, 1.165) is 22.4 Å². The molecule has 2 aromatic rings. The summed E-state index contributed by atoms with van der Waals surface area (Å²) in [4.78, 5) is 11.1. The van der Waals surface area contributed by atoms with Crippen molar-refractivity contribution in [3.8, 4) is 5.75 Å². The molecule has 0 aliphatic heterocycles. The highest BCUT2D eigenvalue weighted by atomic mass is 16.5. The first-order valence-corrected chi connectivity index (χ1v) is 8.13. The highest BCUT2D eigenvalue weighted by Crippen LogP contribution is 2.28. The minimum Gasteiger partial charge on any atom is -0.489 e. The number of carboxylic acids is 1. The highest BCUT2D eigenvalue weighted by molar-refractivity contribution is 5.68. The maximum atomic E-state index is 11.1. The number of rotatable bonds is 7. The first-order chi connectivity index (χ1) is 11.5. The van der Waals surface area contributed by atoms with Gasteiger partial charge < -0.3 is 9.84 Å². The van der Waals surface area contributed by atoms with Crippen LogP contribution in [-0.2, 0) is 11.4 Å². The van der Waals surface area contributed by atoms with E-state index in [9.17, 15) is 4.79 Å². The number of benzene rings is 2. The topological polar surface area (TPSA) is 46.5 Å². The number of allylic oxidation sites excluding steroid dienone is 2. The van der Waals surface area contributed by atoms with E-state index in [4.69, 9.17) is 9.84 Å². The van der Waals surface area contributed by atoms with Crippen molar-refractivity contribution in [1.29, 1.82) is 0 Å². The summed E-state index contributed by atoms with van der Waals surface area (Å²) in [5.41, 5.74) is 4.44. The van der Waals surface area contributed by atoms with Crippen LogP contribution in [-0.4, -0.2) is 11.1 Å². The summed E-state index contributed by atoms with van der Waals surface area (Å²) in [7, 11) is 0. The molecule has 3 nitrogen and oxygen atoms in total. The Labute approximate surface area is 143 Å². The van der Waals surface area contributed by atoms with Crippen LogP contribution in [0.5, 0.6) is 5.75 Å². The standard InChI is InChI=1S/C21H24O3/c1-4-7-17(13-21(22)23)20-11-10-19(12-16(20)3)24-14-18-9-6-5-8-15(18)2/h4-12,17H,13-14H2,1-3H3,(H,22,23)/b7-4+. The number of hydrogen-bond donors (Lipinski definition) is 1. The van der Waals surface area contributed by atoms with Crippen LogP contribution >= 0.6 is 0 Å². The Morgan fingerprint density at radius 2 is 1.92 bits per heavy atom. The van der Waals surface area contributed by atoms with Crippen molar-refractivity contribution in [1.82, 2.24) is 0 Å². The summed E-state index contributed by atoms with van der Waals surface area (Å²) < 4.78 is 5.90. The zero-order valence-electron chi connectivity index (χ0n) is 14.5. The van der Waals surface area contributed by atoms with Gasteiger partial charge in [-0.25, -0.2) is 0 Å². The Hall–Kier alpha value is -2.55. The maximum absolute atomic E-state index is 11.1. The van der Waals surface area contributed by atoms with Crippen LogP contribution in [0.3, 0.4) is 0 Å². The Morgan fingerprint density at radius 3 is 2.54 bits per heavy atom. The molecule has 2 rings (SSSR count). The lowest BCUT2D eigenvalue weighted by atomic mass is 9.91. The van der Waals surface area contributed by atoms with E-state index in [1.807, 2.05) is 56.3 Å². The number of aliphatic carboxylic acids is 1. The van der Waals surface area contributed by atoms with E-state index in [0.29, 0.717) is 6.61 Å². The second-order valence-corrected chi connectivity index (χ2v) is 5.96. The van der Waals surface area contributed by atoms with E-state index in [1.165, 1.54) is 5.56 Å². The smallest absolute Gasteiger partial charge is 0.304 e. The van der Waals surface area contributed by atoms with Crippen molar-refractivity contribution in [2.45, 2.75) is 39.7 Å². The Balaban J connectivity index is 2.13. The van der Waals surface area contributed by atoms with E-state index in [2.05, 4.69) is 19.1 Å². The number of carbonyl (C=O) groups is 1. The molecule has 0 bridgehead atoms. The summed E-state index contributed by atoms with van der Waals surface area (Å²) in [6.45, 7) is 6.50. The molecule has 0 saturated heterocycles. The Bertz CT molecular complexity index is 732. The monoisotopic (exact) mass is 324 g/mol. The molecule has 1 atom stereocenters. The van der Waals surface area contributed by atoms with Crippen LogP contribution in [0.25, 0.3) is 0 Å². The minimum absolute atomic E-state index is 0.0919. The summed E-state index contributed by atoms with van der Waals surface area (Å²) in [6, 6.07) is 14.0. The molecule has 2 aromatic carbocycles. The summed E-state index contributed by atoms with van der Waals surface area (Å²) >= 11 is 0. The molecule has 1 unspecified atom stereocenters. The average Bonchev–Trinajstić information content (AvgIpc) is 2.53. The molecule has 24 heavy (non-hydrogen) atoms. The predicted molar refractivity (Wildman–Crippen MR) is 96.5 cm³/mol. The van der Waals surface area contributed by atoms with E-state index in [-0.39, 0.29) is 12.3 Å². The summed E-state index contributed by atoms with van der Waals surface area (Å²) in [5, 5.41) is 9.10. The van der Waals surface area contributed by atoms with Gasteiger partial charge in [0.15, 0.2) is 0 Å². The van der Waals surface area contributed by atoms with Gasteiger partial charge in [0.1, 0.15) is 12.4 Å². The zero-order chi connectivity index (χ0) is 17.5. The van der Waals surface area contributed by atoms with Crippen molar-refractivity contribution >= 4 is 5.97 Å². The van der Waals surface area contributed by atoms with Gasteiger partial charge in [-0.3, -0.25) is 4.79 Å². The Kier molecular flexibility index (Phi) is 6.19. The number of ether oxygens (including phenoxy) is 1. The largest absolute Gasteiger partial charge is 0.489 e. The first-order valence-electron chi connectivity index (χ1n) is 8.13. The van der Waals surface area contributed by atoms with Crippen molar-refractivity contribution in [3.63, 3.8) is 0 Å². The highest BCUT2D eigenvalue weighted by Gasteiger charge is 2.15. The minimum atomic E-state index is -0.794. The van der Waals surface area contributed by atoms with Crippen molar-refractivity contribution in [2.24, 2.45) is 0 Å². The van der Waals surface area contributed by atoms with Gasteiger partial charge in [0.05, 0.1) is 6.42 Å². The maximum Gasteiger partial charge on any atom is 0.304 e. The van der Waals surface area contributed by atoms with E-state index >= 15 is 0 Å². The SMILES string of the molecule is C/C=C/C(CC(=O)O)c1ccc(OCc2ccccc2C)cc1C. The molecule has 0 aliphatic rings. The average molecular weight is 324 g/mol. The van der Waals surface area contributed by atoms with Crippen LogP contribution in [0, 0.1) is 13.8 Å². The molecule has 0 aliphatic carbocycles. The predicted octanol–water partition coefficient (Wildman–Crippen LogP) is 5.02. The van der Waals surface area contributed by atoms with Gasteiger partial charge in [-0.15, -0.1) is 0 Å². The van der Waals surface area contributed by atoms with Crippen LogP contribution in [0.4, 0.5) is 0 Å². The molecule has 0 radical (unpaired) electrons. The third kappa shape index (κ3) is 4.72. The molecule has 0 amide bonds. The van der Waals surface area contributed by atoms with Gasteiger partial charge in [-0.05, 0) is 55.2 Å². The lowest BCUT2D eigenvalue weighted by molar-refractivity contribution is -0.137. The molecule has 0 fully saturated rings. The molecule has 3 heteroatoms. The fourth-order valence-corrected chi connectivity index (χ4v) is 2.79. The lowest BCUT2D eigenvalue weighted by Crippen LogP contribution is -2.06. The van der Waals surface area contributed by atoms with Crippen molar-refractivity contribution < 1.29 is 14.6 Å².